The second-order valence-electron chi connectivity index (χ2n) is 15.2. The molecule has 1 N–H and O–H groups in total. The molecular weight excluding hydrogens is 622 g/mol. The fourth-order valence-corrected chi connectivity index (χ4v) is 7.95. The van der Waals surface area contributed by atoms with E-state index in [1.54, 1.807) is 16.3 Å². The molecule has 1 aliphatic heterocycles. The molecule has 1 saturated heterocycles. The zero-order chi connectivity index (χ0) is 33.1. The highest BCUT2D eigenvalue weighted by atomic mass is 35.5. The third-order valence-electron chi connectivity index (χ3n) is 9.13. The molecule has 11 nitrogen and oxygen atoms in total. The number of nitrogens with one attached hydrogen (secondary N) is 1. The Morgan fingerprint density at radius 2 is 1.78 bits per heavy atom. The topological polar surface area (TPSA) is 108 Å². The summed E-state index contributed by atoms with van der Waals surface area (Å²) in [5, 5.41) is 9.52. The maximum atomic E-state index is 14.3. The van der Waals surface area contributed by atoms with Crippen LogP contribution in [0.2, 0.25) is 30.7 Å². The number of nitrogens with zero attached hydrogens (tertiary/aromatic N) is 6. The van der Waals surface area contributed by atoms with Crippen LogP contribution in [-0.4, -0.2) is 69.4 Å². The molecule has 13 heteroatoms. The number of rotatable bonds is 8. The summed E-state index contributed by atoms with van der Waals surface area (Å²) in [6.45, 7) is 14.9. The maximum absolute atomic E-state index is 14.3. The average molecular weight is 668 g/mol. The summed E-state index contributed by atoms with van der Waals surface area (Å²) in [4.78, 5) is 34.3. The van der Waals surface area contributed by atoms with Crippen molar-refractivity contribution in [1.29, 1.82) is 0 Å². The number of carbonyl (C=O) groups is 1. The van der Waals surface area contributed by atoms with E-state index in [1.807, 2.05) is 56.9 Å². The van der Waals surface area contributed by atoms with Crippen molar-refractivity contribution in [1.82, 2.24) is 29.2 Å². The van der Waals surface area contributed by atoms with E-state index in [0.717, 1.165) is 40.9 Å². The van der Waals surface area contributed by atoms with Crippen molar-refractivity contribution in [2.24, 2.45) is 25.9 Å². The van der Waals surface area contributed by atoms with Gasteiger partial charge in [0.05, 0.1) is 15.9 Å². The number of halogens is 1. The number of aromatic nitrogens is 5. The van der Waals surface area contributed by atoms with Gasteiger partial charge in [0.25, 0.3) is 5.56 Å². The molecule has 1 aromatic carbocycles. The highest BCUT2D eigenvalue weighted by Gasteiger charge is 2.44. The molecule has 0 radical (unpaired) electrons. The number of alkyl carbamates (subject to hydrolysis) is 1. The van der Waals surface area contributed by atoms with Crippen LogP contribution in [0.5, 0.6) is 0 Å². The van der Waals surface area contributed by atoms with Crippen LogP contribution in [0.4, 0.5) is 10.7 Å². The van der Waals surface area contributed by atoms with Crippen LogP contribution >= 0.6 is 11.6 Å². The first kappa shape index (κ1) is 32.6. The van der Waals surface area contributed by atoms with Crippen LogP contribution in [0.15, 0.2) is 29.3 Å². The van der Waals surface area contributed by atoms with Crippen LogP contribution in [-0.2, 0) is 30.3 Å². The Morgan fingerprint density at radius 3 is 2.43 bits per heavy atom. The minimum atomic E-state index is -1.28. The summed E-state index contributed by atoms with van der Waals surface area (Å²) in [6, 6.07) is 4.93. The van der Waals surface area contributed by atoms with Crippen molar-refractivity contribution in [2.45, 2.75) is 77.7 Å². The Bertz CT molecular complexity index is 1840. The van der Waals surface area contributed by atoms with E-state index in [-0.39, 0.29) is 36.3 Å². The zero-order valence-corrected chi connectivity index (χ0v) is 29.9. The van der Waals surface area contributed by atoms with Crippen molar-refractivity contribution >= 4 is 53.7 Å². The smallest absolute Gasteiger partial charge is 0.407 e. The van der Waals surface area contributed by atoms with Gasteiger partial charge in [-0.3, -0.25) is 14.0 Å². The summed E-state index contributed by atoms with van der Waals surface area (Å²) in [7, 11) is 2.37. The molecule has 2 aliphatic rings. The SMILES string of the molecule is Cn1cc2c(Cl)c(-c3cn(COCC[Si](C)(C)C)c4nc(N5CC6CCC(C5)C6NC(=O)OC(C)(C)C)n(C)c(=O)c34)ccc2n1. The Morgan fingerprint density at radius 1 is 1.09 bits per heavy atom. The lowest BCUT2D eigenvalue weighted by molar-refractivity contribution is 0.0472. The average Bonchev–Trinajstić information content (AvgIpc) is 3.57. The van der Waals surface area contributed by atoms with E-state index in [2.05, 4.69) is 35.0 Å². The Balaban J connectivity index is 1.37. The molecule has 4 heterocycles. The summed E-state index contributed by atoms with van der Waals surface area (Å²) >= 11 is 6.98. The van der Waals surface area contributed by atoms with Crippen molar-refractivity contribution in [2.75, 3.05) is 24.6 Å². The number of hydrogen-bond donors (Lipinski definition) is 1. The van der Waals surface area contributed by atoms with Crippen LogP contribution in [0.25, 0.3) is 33.1 Å². The Labute approximate surface area is 275 Å². The van der Waals surface area contributed by atoms with Gasteiger partial charge in [-0.1, -0.05) is 37.3 Å². The van der Waals surface area contributed by atoms with Gasteiger partial charge in [0.1, 0.15) is 12.3 Å². The molecule has 46 heavy (non-hydrogen) atoms. The van der Waals surface area contributed by atoms with E-state index in [4.69, 9.17) is 26.1 Å². The molecular formula is C33H46ClN7O4Si. The molecule has 1 aliphatic carbocycles. The first-order valence-electron chi connectivity index (χ1n) is 16.1. The van der Waals surface area contributed by atoms with E-state index in [1.165, 1.54) is 0 Å². The number of carbonyl (C=O) groups excluding carboxylic acids is 1. The van der Waals surface area contributed by atoms with E-state index in [9.17, 15) is 9.59 Å². The first-order chi connectivity index (χ1) is 21.6. The summed E-state index contributed by atoms with van der Waals surface area (Å²) < 4.78 is 17.1. The maximum Gasteiger partial charge on any atom is 0.407 e. The minimum Gasteiger partial charge on any atom is -0.444 e. The van der Waals surface area contributed by atoms with Gasteiger partial charge in [-0.15, -0.1) is 0 Å². The monoisotopic (exact) mass is 667 g/mol. The van der Waals surface area contributed by atoms with E-state index < -0.39 is 13.7 Å². The van der Waals surface area contributed by atoms with Crippen LogP contribution in [0.1, 0.15) is 33.6 Å². The number of hydrogen-bond acceptors (Lipinski definition) is 7. The molecule has 248 valence electrons. The number of benzene rings is 1. The molecule has 2 bridgehead atoms. The lowest BCUT2D eigenvalue weighted by Crippen LogP contribution is -2.54. The lowest BCUT2D eigenvalue weighted by Gasteiger charge is -2.39. The predicted molar refractivity (Wildman–Crippen MR) is 185 cm³/mol. The van der Waals surface area contributed by atoms with Gasteiger partial charge >= 0.3 is 6.09 Å². The van der Waals surface area contributed by atoms with Gasteiger partial charge in [-0.2, -0.15) is 10.1 Å². The van der Waals surface area contributed by atoms with Crippen LogP contribution in [0, 0.1) is 11.8 Å². The summed E-state index contributed by atoms with van der Waals surface area (Å²) in [5.74, 6) is 1.08. The number of anilines is 1. The lowest BCUT2D eigenvalue weighted by atomic mass is 9.92. The third kappa shape index (κ3) is 6.43. The third-order valence-corrected chi connectivity index (χ3v) is 11.2. The van der Waals surface area contributed by atoms with Gasteiger partial charge in [0.2, 0.25) is 5.95 Å². The van der Waals surface area contributed by atoms with Gasteiger partial charge in [-0.25, -0.2) is 4.79 Å². The van der Waals surface area contributed by atoms with Crippen molar-refractivity contribution in [3.05, 3.63) is 39.9 Å². The normalized spacial score (nSPS) is 20.2. The van der Waals surface area contributed by atoms with Crippen LogP contribution < -0.4 is 15.8 Å². The minimum absolute atomic E-state index is 0.0339. The molecule has 1 amide bonds. The van der Waals surface area contributed by atoms with Gasteiger partial charge in [-0.05, 0) is 57.6 Å². The molecule has 3 aromatic heterocycles. The van der Waals surface area contributed by atoms with Crippen molar-refractivity contribution in [3.63, 3.8) is 0 Å². The highest BCUT2D eigenvalue weighted by Crippen LogP contribution is 2.40. The molecule has 1 saturated carbocycles. The van der Waals surface area contributed by atoms with Gasteiger partial charge < -0.3 is 24.3 Å². The molecule has 0 spiro atoms. The van der Waals surface area contributed by atoms with E-state index in [0.29, 0.717) is 41.7 Å². The fourth-order valence-electron chi connectivity index (χ4n) is 6.88. The standard InChI is InChI=1S/C33H46ClN7O4Si/c1-33(2,3)45-32(43)35-28-20-9-10-21(28)16-40(15-20)31-36-29-26(30(42)39(31)5)23(18-41(29)19-44-13-14-46(6,7)8)22-11-12-25-24(27(22)34)17-38(4)37-25/h11-12,17-18,20-21,28H,9-10,13-16,19H2,1-8H3,(H,35,43). The molecule has 2 fully saturated rings. The highest BCUT2D eigenvalue weighted by molar-refractivity contribution is 6.76. The number of aryl methyl sites for hydroxylation is 1. The van der Waals surface area contributed by atoms with E-state index >= 15 is 0 Å². The molecule has 2 unspecified atom stereocenters. The quantitative estimate of drug-likeness (QED) is 0.182. The fraction of sp³-hybridized carbons (Fsp3) is 0.576. The largest absolute Gasteiger partial charge is 0.444 e. The second-order valence-corrected chi connectivity index (χ2v) is 21.2. The number of ether oxygens (including phenoxy) is 2. The number of amides is 1. The van der Waals surface area contributed by atoms with Gasteiger partial charge in [0.15, 0.2) is 5.65 Å². The zero-order valence-electron chi connectivity index (χ0n) is 28.2. The molecule has 4 aromatic rings. The van der Waals surface area contributed by atoms with Gasteiger partial charge in [0, 0.05) is 76.8 Å². The second kappa shape index (κ2) is 12.0. The Kier molecular flexibility index (Phi) is 8.52. The molecule has 6 rings (SSSR count). The number of fused-ring (bicyclic) bond motifs is 4. The summed E-state index contributed by atoms with van der Waals surface area (Å²) in [5.41, 5.74) is 2.15. The predicted octanol–water partition coefficient (Wildman–Crippen LogP) is 5.99. The van der Waals surface area contributed by atoms with Crippen molar-refractivity contribution < 1.29 is 14.3 Å². The molecule has 2 atom stereocenters. The van der Waals surface area contributed by atoms with Crippen LogP contribution in [0.3, 0.4) is 0 Å². The Hall–Kier alpha value is -3.35. The number of piperidine rings is 1. The summed E-state index contributed by atoms with van der Waals surface area (Å²) in [6.07, 6.45) is 5.46. The first-order valence-corrected chi connectivity index (χ1v) is 20.2. The van der Waals surface area contributed by atoms with Crippen molar-refractivity contribution in [3.8, 4) is 11.1 Å².